The molecule has 0 saturated heterocycles. The summed E-state index contributed by atoms with van der Waals surface area (Å²) in [6.45, 7) is -1.50. The van der Waals surface area contributed by atoms with Crippen molar-refractivity contribution in [2.24, 2.45) is 0 Å². The standard InChI is InChI=1S/C9H6F4N2O/c10-8(11)9(12,13)5-16-7-2-1-3-15-6(7)4-14/h1-3,8H,5H2. The second kappa shape index (κ2) is 4.79. The lowest BCUT2D eigenvalue weighted by Crippen LogP contribution is -2.33. The molecule has 86 valence electrons. The molecule has 0 aromatic carbocycles. The highest BCUT2D eigenvalue weighted by Crippen LogP contribution is 2.24. The Labute approximate surface area is 88.3 Å². The second-order valence-electron chi connectivity index (χ2n) is 2.81. The molecule has 0 spiro atoms. The van der Waals surface area contributed by atoms with E-state index in [1.54, 1.807) is 6.07 Å². The van der Waals surface area contributed by atoms with Crippen LogP contribution in [0.25, 0.3) is 0 Å². The van der Waals surface area contributed by atoms with Crippen LogP contribution >= 0.6 is 0 Å². The van der Waals surface area contributed by atoms with Crippen molar-refractivity contribution in [3.63, 3.8) is 0 Å². The van der Waals surface area contributed by atoms with Crippen LogP contribution in [0.2, 0.25) is 0 Å². The molecule has 0 fully saturated rings. The first kappa shape index (κ1) is 12.2. The predicted molar refractivity (Wildman–Crippen MR) is 45.4 cm³/mol. The highest BCUT2D eigenvalue weighted by atomic mass is 19.3. The van der Waals surface area contributed by atoms with Gasteiger partial charge in [0.05, 0.1) is 0 Å². The van der Waals surface area contributed by atoms with E-state index >= 15 is 0 Å². The lowest BCUT2D eigenvalue weighted by Gasteiger charge is -2.15. The quantitative estimate of drug-likeness (QED) is 0.750. The minimum Gasteiger partial charge on any atom is -0.484 e. The van der Waals surface area contributed by atoms with Crippen LogP contribution in [0.4, 0.5) is 17.6 Å². The third-order valence-electron chi connectivity index (χ3n) is 1.62. The van der Waals surface area contributed by atoms with Gasteiger partial charge < -0.3 is 4.74 Å². The monoisotopic (exact) mass is 234 g/mol. The Morgan fingerprint density at radius 1 is 1.50 bits per heavy atom. The van der Waals surface area contributed by atoms with Crippen LogP contribution in [0, 0.1) is 11.3 Å². The smallest absolute Gasteiger partial charge is 0.340 e. The van der Waals surface area contributed by atoms with Gasteiger partial charge in [-0.3, -0.25) is 0 Å². The Kier molecular flexibility index (Phi) is 3.66. The van der Waals surface area contributed by atoms with Gasteiger partial charge in [-0.2, -0.15) is 14.0 Å². The number of ether oxygens (including phenoxy) is 1. The molecule has 16 heavy (non-hydrogen) atoms. The predicted octanol–water partition coefficient (Wildman–Crippen LogP) is 2.23. The lowest BCUT2D eigenvalue weighted by molar-refractivity contribution is -0.148. The van der Waals surface area contributed by atoms with Gasteiger partial charge in [0.1, 0.15) is 6.07 Å². The summed E-state index contributed by atoms with van der Waals surface area (Å²) in [7, 11) is 0. The van der Waals surface area contributed by atoms with Gasteiger partial charge in [0, 0.05) is 6.20 Å². The zero-order valence-corrected chi connectivity index (χ0v) is 7.83. The highest BCUT2D eigenvalue weighted by Gasteiger charge is 2.41. The van der Waals surface area contributed by atoms with Gasteiger partial charge in [0.2, 0.25) is 0 Å². The third kappa shape index (κ3) is 2.82. The molecule has 0 atom stereocenters. The van der Waals surface area contributed by atoms with Crippen molar-refractivity contribution < 1.29 is 22.3 Å². The van der Waals surface area contributed by atoms with E-state index in [1.165, 1.54) is 18.3 Å². The number of rotatable bonds is 4. The van der Waals surface area contributed by atoms with E-state index in [0.29, 0.717) is 0 Å². The fraction of sp³-hybridized carbons (Fsp3) is 0.333. The van der Waals surface area contributed by atoms with Crippen molar-refractivity contribution in [1.29, 1.82) is 5.26 Å². The molecule has 1 aromatic rings. The van der Waals surface area contributed by atoms with Gasteiger partial charge in [-0.15, -0.1) is 0 Å². The number of hydrogen-bond donors (Lipinski definition) is 0. The molecular weight excluding hydrogens is 228 g/mol. The SMILES string of the molecule is N#Cc1ncccc1OCC(F)(F)C(F)F. The fourth-order valence-corrected chi connectivity index (χ4v) is 0.828. The minimum atomic E-state index is -4.25. The summed E-state index contributed by atoms with van der Waals surface area (Å²) in [5.74, 6) is -4.49. The molecule has 0 radical (unpaired) electrons. The number of halogens is 4. The fourth-order valence-electron chi connectivity index (χ4n) is 0.828. The van der Waals surface area contributed by atoms with E-state index in [1.807, 2.05) is 0 Å². The summed E-state index contributed by atoms with van der Waals surface area (Å²) >= 11 is 0. The summed E-state index contributed by atoms with van der Waals surface area (Å²) in [6, 6.07) is 4.14. The number of pyridine rings is 1. The van der Waals surface area contributed by atoms with Gasteiger partial charge >= 0.3 is 12.3 Å². The van der Waals surface area contributed by atoms with Crippen LogP contribution in [0.15, 0.2) is 18.3 Å². The van der Waals surface area contributed by atoms with E-state index in [9.17, 15) is 17.6 Å². The number of nitrogens with zero attached hydrogens (tertiary/aromatic N) is 2. The Hall–Kier alpha value is -1.84. The largest absolute Gasteiger partial charge is 0.484 e. The van der Waals surface area contributed by atoms with Crippen molar-refractivity contribution in [2.45, 2.75) is 12.3 Å². The molecule has 3 nitrogen and oxygen atoms in total. The molecule has 0 N–H and O–H groups in total. The normalized spacial score (nSPS) is 11.2. The Balaban J connectivity index is 2.72. The van der Waals surface area contributed by atoms with Gasteiger partial charge in [0.25, 0.3) is 0 Å². The Bertz CT molecular complexity index is 403. The second-order valence-corrected chi connectivity index (χ2v) is 2.81. The maximum atomic E-state index is 12.5. The van der Waals surface area contributed by atoms with Gasteiger partial charge in [0.15, 0.2) is 18.1 Å². The number of alkyl halides is 4. The molecule has 0 amide bonds. The summed E-state index contributed by atoms with van der Waals surface area (Å²) in [4.78, 5) is 3.52. The molecule has 0 aliphatic heterocycles. The number of hydrogen-bond acceptors (Lipinski definition) is 3. The number of aromatic nitrogens is 1. The van der Waals surface area contributed by atoms with Crippen LogP contribution in [0.3, 0.4) is 0 Å². The lowest BCUT2D eigenvalue weighted by atomic mass is 10.3. The highest BCUT2D eigenvalue weighted by molar-refractivity contribution is 5.36. The zero-order valence-electron chi connectivity index (χ0n) is 7.83. The minimum absolute atomic E-state index is 0.229. The molecular formula is C9H6F4N2O. The first-order valence-electron chi connectivity index (χ1n) is 4.11. The molecule has 0 bridgehead atoms. The van der Waals surface area contributed by atoms with E-state index in [2.05, 4.69) is 9.72 Å². The van der Waals surface area contributed by atoms with E-state index in [4.69, 9.17) is 5.26 Å². The van der Waals surface area contributed by atoms with E-state index < -0.39 is 19.0 Å². The maximum absolute atomic E-state index is 12.5. The average Bonchev–Trinajstić information content (AvgIpc) is 2.26. The Morgan fingerprint density at radius 2 is 2.19 bits per heavy atom. The first-order valence-corrected chi connectivity index (χ1v) is 4.11. The van der Waals surface area contributed by atoms with Crippen LogP contribution in [-0.2, 0) is 0 Å². The summed E-state index contributed by atoms with van der Waals surface area (Å²) in [5, 5.41) is 8.53. The van der Waals surface area contributed by atoms with Gasteiger partial charge in [-0.05, 0) is 12.1 Å². The van der Waals surface area contributed by atoms with Crippen molar-refractivity contribution >= 4 is 0 Å². The molecule has 1 rings (SSSR count). The molecule has 7 heteroatoms. The third-order valence-corrected chi connectivity index (χ3v) is 1.62. The summed E-state index contributed by atoms with van der Waals surface area (Å²) in [5.41, 5.74) is -0.229. The van der Waals surface area contributed by atoms with Gasteiger partial charge in [-0.1, -0.05) is 0 Å². The first-order chi connectivity index (χ1) is 7.47. The molecule has 0 unspecified atom stereocenters. The van der Waals surface area contributed by atoms with Crippen LogP contribution < -0.4 is 4.74 Å². The number of nitriles is 1. The molecule has 0 aliphatic carbocycles. The molecule has 1 aromatic heterocycles. The molecule has 1 heterocycles. The summed E-state index contributed by atoms with van der Waals surface area (Å²) < 4.78 is 53.0. The van der Waals surface area contributed by atoms with Crippen molar-refractivity contribution in [3.05, 3.63) is 24.0 Å². The van der Waals surface area contributed by atoms with E-state index in [0.717, 1.165) is 0 Å². The van der Waals surface area contributed by atoms with Crippen LogP contribution in [0.1, 0.15) is 5.69 Å². The summed E-state index contributed by atoms with van der Waals surface area (Å²) in [6.07, 6.45) is -2.55. The Morgan fingerprint density at radius 3 is 2.75 bits per heavy atom. The molecule has 0 saturated carbocycles. The van der Waals surface area contributed by atoms with Crippen molar-refractivity contribution in [1.82, 2.24) is 4.98 Å². The van der Waals surface area contributed by atoms with Crippen LogP contribution in [-0.4, -0.2) is 23.9 Å². The van der Waals surface area contributed by atoms with E-state index in [-0.39, 0.29) is 11.4 Å². The maximum Gasteiger partial charge on any atom is 0.340 e. The van der Waals surface area contributed by atoms with Crippen molar-refractivity contribution in [2.75, 3.05) is 6.61 Å². The topological polar surface area (TPSA) is 45.9 Å². The average molecular weight is 234 g/mol. The van der Waals surface area contributed by atoms with Gasteiger partial charge in [-0.25, -0.2) is 13.8 Å². The molecule has 0 aliphatic rings. The van der Waals surface area contributed by atoms with Crippen molar-refractivity contribution in [3.8, 4) is 11.8 Å². The van der Waals surface area contributed by atoms with Crippen LogP contribution in [0.5, 0.6) is 5.75 Å². The zero-order chi connectivity index (χ0) is 12.2.